The summed E-state index contributed by atoms with van der Waals surface area (Å²) in [6.45, 7) is 3.69. The molecule has 0 saturated heterocycles. The van der Waals surface area contributed by atoms with Gasteiger partial charge in [-0.05, 0) is 13.8 Å². The fraction of sp³-hybridized carbons (Fsp3) is 0.500. The van der Waals surface area contributed by atoms with E-state index in [-0.39, 0.29) is 5.38 Å². The van der Waals surface area contributed by atoms with Gasteiger partial charge in [0, 0.05) is 0 Å². The number of aromatic nitrogens is 1. The zero-order valence-electron chi connectivity index (χ0n) is 5.39. The van der Waals surface area contributed by atoms with Gasteiger partial charge in [-0.15, -0.1) is 11.6 Å². The van der Waals surface area contributed by atoms with E-state index in [1.807, 2.05) is 13.8 Å². The first-order valence-corrected chi connectivity index (χ1v) is 3.20. The molecule has 0 fully saturated rings. The number of alkyl halides is 1. The lowest BCUT2D eigenvalue weighted by molar-refractivity contribution is 0.496. The lowest BCUT2D eigenvalue weighted by Crippen LogP contribution is -1.82. The van der Waals surface area contributed by atoms with Crippen LogP contribution in [0.4, 0.5) is 0 Å². The van der Waals surface area contributed by atoms with Crippen LogP contribution in [-0.2, 0) is 0 Å². The van der Waals surface area contributed by atoms with Crippen LogP contribution in [0.15, 0.2) is 10.7 Å². The van der Waals surface area contributed by atoms with Gasteiger partial charge in [0.1, 0.15) is 11.6 Å². The molecule has 9 heavy (non-hydrogen) atoms. The summed E-state index contributed by atoms with van der Waals surface area (Å²) in [5, 5.41) is -0.126. The molecule has 0 bridgehead atoms. The monoisotopic (exact) mass is 145 g/mol. The summed E-state index contributed by atoms with van der Waals surface area (Å²) in [7, 11) is 0. The molecule has 1 aromatic heterocycles. The molecular formula is C6H8ClNO. The van der Waals surface area contributed by atoms with E-state index in [4.69, 9.17) is 16.0 Å². The van der Waals surface area contributed by atoms with Crippen LogP contribution in [0.5, 0.6) is 0 Å². The second kappa shape index (κ2) is 2.40. The molecule has 0 saturated carbocycles. The number of nitrogens with zero attached hydrogens (tertiary/aromatic N) is 1. The number of hydrogen-bond donors (Lipinski definition) is 0. The first kappa shape index (κ1) is 6.62. The maximum Gasteiger partial charge on any atom is 0.211 e. The van der Waals surface area contributed by atoms with Crippen LogP contribution in [0, 0.1) is 6.92 Å². The van der Waals surface area contributed by atoms with Crippen molar-refractivity contribution in [1.29, 1.82) is 0 Å². The summed E-state index contributed by atoms with van der Waals surface area (Å²) >= 11 is 5.66. The molecule has 0 aliphatic carbocycles. The van der Waals surface area contributed by atoms with Crippen LogP contribution in [0.25, 0.3) is 0 Å². The van der Waals surface area contributed by atoms with Gasteiger partial charge in [-0.2, -0.15) is 0 Å². The molecule has 0 aliphatic heterocycles. The third-order valence-corrected chi connectivity index (χ3v) is 1.16. The topological polar surface area (TPSA) is 26.0 Å². The summed E-state index contributed by atoms with van der Waals surface area (Å²) in [6.07, 6.45) is 1.59. The van der Waals surface area contributed by atoms with Crippen molar-refractivity contribution in [3.05, 3.63) is 17.8 Å². The Kier molecular flexibility index (Phi) is 1.76. The average molecular weight is 146 g/mol. The van der Waals surface area contributed by atoms with Crippen LogP contribution < -0.4 is 0 Å². The molecule has 1 aromatic rings. The van der Waals surface area contributed by atoms with Crippen molar-refractivity contribution in [2.24, 2.45) is 0 Å². The van der Waals surface area contributed by atoms with Gasteiger partial charge in [-0.25, -0.2) is 4.98 Å². The third kappa shape index (κ3) is 1.45. The van der Waals surface area contributed by atoms with Crippen LogP contribution in [0.1, 0.15) is 23.9 Å². The fourth-order valence-electron chi connectivity index (χ4n) is 0.555. The zero-order chi connectivity index (χ0) is 6.85. The Bertz CT molecular complexity index is 195. The van der Waals surface area contributed by atoms with Gasteiger partial charge in [-0.1, -0.05) is 0 Å². The van der Waals surface area contributed by atoms with Crippen molar-refractivity contribution in [1.82, 2.24) is 4.98 Å². The standard InChI is InChI=1S/C6H8ClNO/c1-4-3-9-6(8-4)5(2)7/h3,5H,1-2H3/t5-/m0/s1. The van der Waals surface area contributed by atoms with Crippen LogP contribution in [0.3, 0.4) is 0 Å². The van der Waals surface area contributed by atoms with E-state index < -0.39 is 0 Å². The second-order valence-electron chi connectivity index (χ2n) is 1.94. The molecular weight excluding hydrogens is 138 g/mol. The summed E-state index contributed by atoms with van der Waals surface area (Å²) in [5.74, 6) is 0.592. The van der Waals surface area contributed by atoms with Gasteiger partial charge in [-0.3, -0.25) is 0 Å². The highest BCUT2D eigenvalue weighted by molar-refractivity contribution is 6.20. The molecule has 0 aliphatic rings. The van der Waals surface area contributed by atoms with Gasteiger partial charge < -0.3 is 4.42 Å². The Morgan fingerprint density at radius 1 is 1.78 bits per heavy atom. The lowest BCUT2D eigenvalue weighted by Gasteiger charge is -1.90. The molecule has 1 atom stereocenters. The predicted octanol–water partition coefficient (Wildman–Crippen LogP) is 2.28. The molecule has 0 amide bonds. The number of halogens is 1. The fourth-order valence-corrected chi connectivity index (χ4v) is 0.655. The SMILES string of the molecule is Cc1coc([C@H](C)Cl)n1. The Morgan fingerprint density at radius 2 is 2.44 bits per heavy atom. The largest absolute Gasteiger partial charge is 0.447 e. The molecule has 1 heterocycles. The highest BCUT2D eigenvalue weighted by Crippen LogP contribution is 2.17. The molecule has 1 rings (SSSR count). The van der Waals surface area contributed by atoms with Gasteiger partial charge >= 0.3 is 0 Å². The predicted molar refractivity (Wildman–Crippen MR) is 35.5 cm³/mol. The smallest absolute Gasteiger partial charge is 0.211 e. The van der Waals surface area contributed by atoms with E-state index in [0.717, 1.165) is 5.69 Å². The van der Waals surface area contributed by atoms with Gasteiger partial charge in [0.05, 0.1) is 5.69 Å². The normalized spacial score (nSPS) is 13.7. The van der Waals surface area contributed by atoms with Crippen LogP contribution >= 0.6 is 11.6 Å². The van der Waals surface area contributed by atoms with Crippen molar-refractivity contribution < 1.29 is 4.42 Å². The van der Waals surface area contributed by atoms with Crippen LogP contribution in [0.2, 0.25) is 0 Å². The van der Waals surface area contributed by atoms with E-state index in [9.17, 15) is 0 Å². The van der Waals surface area contributed by atoms with Crippen molar-refractivity contribution in [3.63, 3.8) is 0 Å². The Labute approximate surface area is 58.8 Å². The van der Waals surface area contributed by atoms with Crippen molar-refractivity contribution in [2.45, 2.75) is 19.2 Å². The zero-order valence-corrected chi connectivity index (χ0v) is 6.14. The lowest BCUT2D eigenvalue weighted by atomic mass is 10.5. The first-order valence-electron chi connectivity index (χ1n) is 2.76. The summed E-state index contributed by atoms with van der Waals surface area (Å²) in [6, 6.07) is 0. The number of hydrogen-bond acceptors (Lipinski definition) is 2. The minimum atomic E-state index is -0.126. The summed E-state index contributed by atoms with van der Waals surface area (Å²) in [5.41, 5.74) is 0.873. The van der Waals surface area contributed by atoms with E-state index in [1.165, 1.54) is 0 Å². The van der Waals surface area contributed by atoms with Gasteiger partial charge in [0.2, 0.25) is 5.89 Å². The molecule has 50 valence electrons. The minimum absolute atomic E-state index is 0.126. The number of rotatable bonds is 1. The van der Waals surface area contributed by atoms with Crippen molar-refractivity contribution >= 4 is 11.6 Å². The minimum Gasteiger partial charge on any atom is -0.447 e. The summed E-state index contributed by atoms with van der Waals surface area (Å²) < 4.78 is 4.98. The Hall–Kier alpha value is -0.500. The highest BCUT2D eigenvalue weighted by atomic mass is 35.5. The molecule has 0 aromatic carbocycles. The van der Waals surface area contributed by atoms with E-state index in [2.05, 4.69) is 4.98 Å². The molecule has 0 radical (unpaired) electrons. The van der Waals surface area contributed by atoms with E-state index in [1.54, 1.807) is 6.26 Å². The summed E-state index contributed by atoms with van der Waals surface area (Å²) in [4.78, 5) is 4.01. The Balaban J connectivity index is 2.85. The van der Waals surface area contributed by atoms with Crippen molar-refractivity contribution in [2.75, 3.05) is 0 Å². The van der Waals surface area contributed by atoms with Gasteiger partial charge in [0.25, 0.3) is 0 Å². The molecule has 2 nitrogen and oxygen atoms in total. The number of oxazole rings is 1. The molecule has 3 heteroatoms. The quantitative estimate of drug-likeness (QED) is 0.567. The molecule has 0 unspecified atom stereocenters. The van der Waals surface area contributed by atoms with Crippen molar-refractivity contribution in [3.8, 4) is 0 Å². The first-order chi connectivity index (χ1) is 4.20. The molecule has 0 N–H and O–H groups in total. The second-order valence-corrected chi connectivity index (χ2v) is 2.60. The maximum atomic E-state index is 5.66. The average Bonchev–Trinajstić information content (AvgIpc) is 2.14. The van der Waals surface area contributed by atoms with Gasteiger partial charge in [0.15, 0.2) is 0 Å². The van der Waals surface area contributed by atoms with E-state index >= 15 is 0 Å². The number of aryl methyl sites for hydroxylation is 1. The Morgan fingerprint density at radius 3 is 2.67 bits per heavy atom. The highest BCUT2D eigenvalue weighted by Gasteiger charge is 2.05. The van der Waals surface area contributed by atoms with Crippen LogP contribution in [-0.4, -0.2) is 4.98 Å². The van der Waals surface area contributed by atoms with E-state index in [0.29, 0.717) is 5.89 Å². The molecule has 0 spiro atoms. The maximum absolute atomic E-state index is 5.66. The third-order valence-electron chi connectivity index (χ3n) is 0.977.